The fourth-order valence-electron chi connectivity index (χ4n) is 2.39. The summed E-state index contributed by atoms with van der Waals surface area (Å²) < 4.78 is 14.0. The molecule has 0 bridgehead atoms. The molecule has 0 saturated carbocycles. The second-order valence-corrected chi connectivity index (χ2v) is 5.32. The topological polar surface area (TPSA) is 24.9 Å². The van der Waals surface area contributed by atoms with Crippen molar-refractivity contribution in [2.75, 3.05) is 6.54 Å². The Morgan fingerprint density at radius 3 is 2.62 bits per heavy atom. The molecule has 0 fully saturated rings. The first kappa shape index (κ1) is 15.6. The Labute approximate surface area is 126 Å². The van der Waals surface area contributed by atoms with Crippen molar-refractivity contribution in [3.05, 3.63) is 64.7 Å². The van der Waals surface area contributed by atoms with Crippen LogP contribution < -0.4 is 5.32 Å². The van der Waals surface area contributed by atoms with Gasteiger partial charge in [0.1, 0.15) is 5.82 Å². The lowest BCUT2D eigenvalue weighted by Crippen LogP contribution is -2.18. The molecule has 1 unspecified atom stereocenters. The summed E-state index contributed by atoms with van der Waals surface area (Å²) in [7, 11) is 0. The molecule has 1 aromatic heterocycles. The molecule has 0 saturated heterocycles. The first-order chi connectivity index (χ1) is 10.1. The van der Waals surface area contributed by atoms with E-state index in [9.17, 15) is 4.39 Å². The first-order valence-electron chi connectivity index (χ1n) is 7.59. The summed E-state index contributed by atoms with van der Waals surface area (Å²) in [6.07, 6.45) is 3.37. The number of hydrogen-bond acceptors (Lipinski definition) is 2. The SMILES string of the molecule is CCNC(C)c1ccc(F)c(Cc2ccc(CC)cn2)c1. The molecule has 0 radical (unpaired) electrons. The van der Waals surface area contributed by atoms with E-state index in [1.165, 1.54) is 5.56 Å². The zero-order valence-electron chi connectivity index (χ0n) is 13.0. The maximum Gasteiger partial charge on any atom is 0.126 e. The second-order valence-electron chi connectivity index (χ2n) is 5.32. The molecule has 1 atom stereocenters. The van der Waals surface area contributed by atoms with Crippen molar-refractivity contribution < 1.29 is 4.39 Å². The maximum absolute atomic E-state index is 14.0. The van der Waals surface area contributed by atoms with Crippen LogP contribution in [0.4, 0.5) is 4.39 Å². The van der Waals surface area contributed by atoms with Gasteiger partial charge in [0.05, 0.1) is 0 Å². The summed E-state index contributed by atoms with van der Waals surface area (Å²) in [6.45, 7) is 7.16. The maximum atomic E-state index is 14.0. The molecule has 1 heterocycles. The average molecular weight is 286 g/mol. The number of rotatable bonds is 6. The van der Waals surface area contributed by atoms with E-state index in [0.717, 1.165) is 24.2 Å². The highest BCUT2D eigenvalue weighted by Gasteiger charge is 2.09. The van der Waals surface area contributed by atoms with Crippen LogP contribution >= 0.6 is 0 Å². The van der Waals surface area contributed by atoms with Crippen LogP contribution in [0.25, 0.3) is 0 Å². The molecule has 0 amide bonds. The van der Waals surface area contributed by atoms with Gasteiger partial charge >= 0.3 is 0 Å². The molecule has 1 N–H and O–H groups in total. The summed E-state index contributed by atoms with van der Waals surface area (Å²) in [5.74, 6) is -0.163. The molecule has 2 nitrogen and oxygen atoms in total. The molecule has 0 aliphatic rings. The van der Waals surface area contributed by atoms with E-state index in [1.807, 2.05) is 24.4 Å². The van der Waals surface area contributed by atoms with E-state index in [4.69, 9.17) is 0 Å². The highest BCUT2D eigenvalue weighted by atomic mass is 19.1. The lowest BCUT2D eigenvalue weighted by molar-refractivity contribution is 0.586. The number of benzene rings is 1. The van der Waals surface area contributed by atoms with E-state index in [0.29, 0.717) is 12.0 Å². The zero-order chi connectivity index (χ0) is 15.2. The fraction of sp³-hybridized carbons (Fsp3) is 0.389. The Hall–Kier alpha value is -1.74. The van der Waals surface area contributed by atoms with Gasteiger partial charge < -0.3 is 5.32 Å². The Morgan fingerprint density at radius 1 is 1.19 bits per heavy atom. The van der Waals surface area contributed by atoms with Gasteiger partial charge in [0.15, 0.2) is 0 Å². The number of nitrogens with one attached hydrogen (secondary N) is 1. The van der Waals surface area contributed by atoms with E-state index < -0.39 is 0 Å². The van der Waals surface area contributed by atoms with Crippen LogP contribution in [0.3, 0.4) is 0 Å². The summed E-state index contributed by atoms with van der Waals surface area (Å²) >= 11 is 0. The monoisotopic (exact) mass is 286 g/mol. The molecule has 0 aliphatic carbocycles. The Bertz CT molecular complexity index is 578. The summed E-state index contributed by atoms with van der Waals surface area (Å²) in [5, 5.41) is 3.35. The van der Waals surface area contributed by atoms with Crippen LogP contribution in [0.15, 0.2) is 36.5 Å². The highest BCUT2D eigenvalue weighted by Crippen LogP contribution is 2.19. The van der Waals surface area contributed by atoms with E-state index >= 15 is 0 Å². The van der Waals surface area contributed by atoms with Crippen LogP contribution in [0.5, 0.6) is 0 Å². The summed E-state index contributed by atoms with van der Waals surface area (Å²) in [4.78, 5) is 4.41. The van der Waals surface area contributed by atoms with Gasteiger partial charge in [-0.25, -0.2) is 4.39 Å². The van der Waals surface area contributed by atoms with E-state index in [2.05, 4.69) is 37.1 Å². The third-order valence-electron chi connectivity index (χ3n) is 3.75. The third-order valence-corrected chi connectivity index (χ3v) is 3.75. The zero-order valence-corrected chi connectivity index (χ0v) is 13.0. The largest absolute Gasteiger partial charge is 0.310 e. The van der Waals surface area contributed by atoms with Crippen molar-refractivity contribution in [1.82, 2.24) is 10.3 Å². The van der Waals surface area contributed by atoms with Gasteiger partial charge in [-0.1, -0.05) is 32.0 Å². The molecule has 112 valence electrons. The lowest BCUT2D eigenvalue weighted by Gasteiger charge is -2.14. The minimum atomic E-state index is -0.163. The summed E-state index contributed by atoms with van der Waals surface area (Å²) in [6, 6.07) is 9.62. The lowest BCUT2D eigenvalue weighted by atomic mass is 10.0. The smallest absolute Gasteiger partial charge is 0.126 e. The van der Waals surface area contributed by atoms with Gasteiger partial charge in [0.25, 0.3) is 0 Å². The van der Waals surface area contributed by atoms with Crippen LogP contribution in [-0.2, 0) is 12.8 Å². The standard InChI is InChI=1S/C18H23FN2/c1-4-14-6-8-17(21-12-14)11-16-10-15(7-9-18(16)19)13(3)20-5-2/h6-10,12-13,20H,4-5,11H2,1-3H3. The number of pyridine rings is 1. The average Bonchev–Trinajstić information content (AvgIpc) is 2.50. The van der Waals surface area contributed by atoms with Gasteiger partial charge in [-0.05, 0) is 48.7 Å². The number of aromatic nitrogens is 1. The van der Waals surface area contributed by atoms with Gasteiger partial charge in [0, 0.05) is 24.4 Å². The number of halogens is 1. The quantitative estimate of drug-likeness (QED) is 0.866. The van der Waals surface area contributed by atoms with Crippen molar-refractivity contribution in [2.24, 2.45) is 0 Å². The third kappa shape index (κ3) is 4.11. The molecule has 1 aromatic carbocycles. The van der Waals surface area contributed by atoms with Crippen molar-refractivity contribution in [2.45, 2.75) is 39.7 Å². The predicted octanol–water partition coefficient (Wildman–Crippen LogP) is 4.04. The fourth-order valence-corrected chi connectivity index (χ4v) is 2.39. The molecule has 2 rings (SSSR count). The summed E-state index contributed by atoms with van der Waals surface area (Å²) in [5.41, 5.74) is 3.92. The highest BCUT2D eigenvalue weighted by molar-refractivity contribution is 5.30. The number of hydrogen-bond donors (Lipinski definition) is 1. The molecule has 0 aliphatic heterocycles. The van der Waals surface area contributed by atoms with Crippen LogP contribution in [-0.4, -0.2) is 11.5 Å². The van der Waals surface area contributed by atoms with Gasteiger partial charge in [-0.2, -0.15) is 0 Å². The van der Waals surface area contributed by atoms with E-state index in [1.54, 1.807) is 6.07 Å². The Morgan fingerprint density at radius 2 is 2.00 bits per heavy atom. The molecular weight excluding hydrogens is 263 g/mol. The minimum absolute atomic E-state index is 0.163. The van der Waals surface area contributed by atoms with Crippen molar-refractivity contribution >= 4 is 0 Å². The predicted molar refractivity (Wildman–Crippen MR) is 84.9 cm³/mol. The first-order valence-corrected chi connectivity index (χ1v) is 7.59. The van der Waals surface area contributed by atoms with Gasteiger partial charge in [-0.15, -0.1) is 0 Å². The van der Waals surface area contributed by atoms with Crippen LogP contribution in [0.2, 0.25) is 0 Å². The van der Waals surface area contributed by atoms with E-state index in [-0.39, 0.29) is 11.9 Å². The van der Waals surface area contributed by atoms with Crippen molar-refractivity contribution in [3.8, 4) is 0 Å². The second kappa shape index (κ2) is 7.32. The number of aryl methyl sites for hydroxylation is 1. The molecule has 2 aromatic rings. The van der Waals surface area contributed by atoms with Gasteiger partial charge in [0.2, 0.25) is 0 Å². The number of nitrogens with zero attached hydrogens (tertiary/aromatic N) is 1. The molecule has 0 spiro atoms. The van der Waals surface area contributed by atoms with Crippen molar-refractivity contribution in [3.63, 3.8) is 0 Å². The molecule has 21 heavy (non-hydrogen) atoms. The van der Waals surface area contributed by atoms with Gasteiger partial charge in [-0.3, -0.25) is 4.98 Å². The Balaban J connectivity index is 2.19. The van der Waals surface area contributed by atoms with Crippen molar-refractivity contribution in [1.29, 1.82) is 0 Å². The normalized spacial score (nSPS) is 12.4. The molecule has 3 heteroatoms. The minimum Gasteiger partial charge on any atom is -0.310 e. The Kier molecular flexibility index (Phi) is 5.45. The molecular formula is C18H23FN2. The van der Waals surface area contributed by atoms with Crippen LogP contribution in [0, 0.1) is 5.82 Å². The van der Waals surface area contributed by atoms with Crippen LogP contribution in [0.1, 0.15) is 49.2 Å².